The fourth-order valence-corrected chi connectivity index (χ4v) is 2.42. The van der Waals surface area contributed by atoms with Crippen molar-refractivity contribution < 1.29 is 9.13 Å². The van der Waals surface area contributed by atoms with Crippen molar-refractivity contribution in [3.63, 3.8) is 0 Å². The van der Waals surface area contributed by atoms with Gasteiger partial charge in [-0.05, 0) is 25.0 Å². The zero-order valence-corrected chi connectivity index (χ0v) is 11.4. The Labute approximate surface area is 122 Å². The van der Waals surface area contributed by atoms with Crippen molar-refractivity contribution in [2.45, 2.75) is 25.5 Å². The van der Waals surface area contributed by atoms with Crippen LogP contribution in [0.25, 0.3) is 0 Å². The summed E-state index contributed by atoms with van der Waals surface area (Å²) in [5, 5.41) is 16.3. The molecule has 1 aromatic carbocycles. The minimum absolute atomic E-state index is 0.00405. The maximum Gasteiger partial charge on any atom is 0.143 e. The zero-order chi connectivity index (χ0) is 14.7. The number of ether oxygens (including phenoxy) is 1. The van der Waals surface area contributed by atoms with E-state index >= 15 is 0 Å². The normalized spacial score (nSPS) is 17.6. The molecule has 0 radical (unpaired) electrons. The van der Waals surface area contributed by atoms with Crippen LogP contribution in [-0.4, -0.2) is 22.5 Å². The largest absolute Gasteiger partial charge is 0.376 e. The van der Waals surface area contributed by atoms with Crippen molar-refractivity contribution in [3.8, 4) is 6.07 Å². The van der Waals surface area contributed by atoms with Crippen molar-refractivity contribution in [2.75, 3.05) is 11.9 Å². The lowest BCUT2D eigenvalue weighted by Gasteiger charge is -2.09. The van der Waals surface area contributed by atoms with E-state index in [1.165, 1.54) is 6.07 Å². The number of hydrogen-bond acceptors (Lipinski definition) is 4. The molecule has 5 nitrogen and oxygen atoms in total. The summed E-state index contributed by atoms with van der Waals surface area (Å²) in [6, 6.07) is 6.36. The number of nitrogens with zero attached hydrogens (tertiary/aromatic N) is 3. The van der Waals surface area contributed by atoms with Gasteiger partial charge < -0.3 is 10.1 Å². The van der Waals surface area contributed by atoms with Gasteiger partial charge in [-0.25, -0.2) is 4.39 Å². The maximum atomic E-state index is 13.5. The number of rotatable bonds is 4. The van der Waals surface area contributed by atoms with E-state index in [9.17, 15) is 4.39 Å². The van der Waals surface area contributed by atoms with Gasteiger partial charge in [-0.1, -0.05) is 6.07 Å². The molecule has 1 aromatic heterocycles. The molecule has 0 saturated carbocycles. The Bertz CT molecular complexity index is 671. The van der Waals surface area contributed by atoms with Crippen molar-refractivity contribution in [1.82, 2.24) is 9.78 Å². The maximum absolute atomic E-state index is 13.5. The third kappa shape index (κ3) is 3.03. The van der Waals surface area contributed by atoms with Gasteiger partial charge in [0, 0.05) is 12.8 Å². The summed E-state index contributed by atoms with van der Waals surface area (Å²) in [7, 11) is 0. The van der Waals surface area contributed by atoms with E-state index in [1.807, 2.05) is 12.3 Å². The molecule has 3 rings (SSSR count). The van der Waals surface area contributed by atoms with Gasteiger partial charge in [0.05, 0.1) is 30.2 Å². The number of benzene rings is 1. The van der Waals surface area contributed by atoms with Gasteiger partial charge in [-0.3, -0.25) is 4.68 Å². The minimum Gasteiger partial charge on any atom is -0.376 e. The summed E-state index contributed by atoms with van der Waals surface area (Å²) >= 11 is 0. The van der Waals surface area contributed by atoms with Crippen LogP contribution in [-0.2, 0) is 11.3 Å². The van der Waals surface area contributed by atoms with Crippen LogP contribution in [0.15, 0.2) is 30.6 Å². The van der Waals surface area contributed by atoms with Crippen LogP contribution in [0.5, 0.6) is 0 Å². The van der Waals surface area contributed by atoms with Crippen LogP contribution >= 0.6 is 0 Å². The Balaban J connectivity index is 1.72. The highest BCUT2D eigenvalue weighted by Gasteiger charge is 2.16. The van der Waals surface area contributed by atoms with E-state index in [1.54, 1.807) is 23.0 Å². The first-order chi connectivity index (χ1) is 10.3. The lowest BCUT2D eigenvalue weighted by Crippen LogP contribution is -2.15. The Kier molecular flexibility index (Phi) is 3.84. The minimum atomic E-state index is -0.533. The molecule has 1 atom stereocenters. The molecule has 1 aliphatic heterocycles. The summed E-state index contributed by atoms with van der Waals surface area (Å²) < 4.78 is 20.9. The Morgan fingerprint density at radius 1 is 1.52 bits per heavy atom. The van der Waals surface area contributed by atoms with Crippen LogP contribution in [0.2, 0.25) is 0 Å². The lowest BCUT2D eigenvalue weighted by atomic mass is 10.2. The SMILES string of the molecule is N#Cc1c(F)cccc1Nc1cnn(C[C@H]2CCCO2)c1. The second-order valence-corrected chi connectivity index (χ2v) is 4.99. The summed E-state index contributed by atoms with van der Waals surface area (Å²) in [5.41, 5.74) is 1.16. The molecular weight excluding hydrogens is 271 g/mol. The number of anilines is 2. The molecule has 108 valence electrons. The van der Waals surface area contributed by atoms with E-state index in [0.29, 0.717) is 12.2 Å². The monoisotopic (exact) mass is 286 g/mol. The summed E-state index contributed by atoms with van der Waals surface area (Å²) in [6.45, 7) is 1.52. The third-order valence-electron chi connectivity index (χ3n) is 3.45. The molecule has 21 heavy (non-hydrogen) atoms. The summed E-state index contributed by atoms with van der Waals surface area (Å²) in [4.78, 5) is 0. The molecule has 0 bridgehead atoms. The van der Waals surface area contributed by atoms with Gasteiger partial charge in [0.25, 0.3) is 0 Å². The molecule has 0 spiro atoms. The van der Waals surface area contributed by atoms with Gasteiger partial charge in [-0.2, -0.15) is 10.4 Å². The average molecular weight is 286 g/mol. The second kappa shape index (κ2) is 5.94. The van der Waals surface area contributed by atoms with Gasteiger partial charge in [0.2, 0.25) is 0 Å². The molecule has 1 saturated heterocycles. The predicted molar refractivity (Wildman–Crippen MR) is 75.6 cm³/mol. The van der Waals surface area contributed by atoms with E-state index in [0.717, 1.165) is 25.1 Å². The molecule has 2 aromatic rings. The topological polar surface area (TPSA) is 62.9 Å². The van der Waals surface area contributed by atoms with Crippen molar-refractivity contribution in [3.05, 3.63) is 42.0 Å². The second-order valence-electron chi connectivity index (χ2n) is 4.99. The van der Waals surface area contributed by atoms with Gasteiger partial charge >= 0.3 is 0 Å². The van der Waals surface area contributed by atoms with Crippen LogP contribution in [0, 0.1) is 17.1 Å². The van der Waals surface area contributed by atoms with Gasteiger partial charge in [-0.15, -0.1) is 0 Å². The first-order valence-corrected chi connectivity index (χ1v) is 6.86. The molecule has 6 heteroatoms. The third-order valence-corrected chi connectivity index (χ3v) is 3.45. The van der Waals surface area contributed by atoms with Crippen LogP contribution < -0.4 is 5.32 Å². The van der Waals surface area contributed by atoms with Gasteiger partial charge in [0.15, 0.2) is 0 Å². The van der Waals surface area contributed by atoms with Crippen molar-refractivity contribution in [1.29, 1.82) is 5.26 Å². The molecule has 0 unspecified atom stereocenters. The Hall–Kier alpha value is -2.39. The lowest BCUT2D eigenvalue weighted by molar-refractivity contribution is 0.0940. The average Bonchev–Trinajstić information content (AvgIpc) is 3.12. The molecule has 2 heterocycles. The molecule has 0 amide bonds. The molecule has 1 aliphatic rings. The number of halogens is 1. The Morgan fingerprint density at radius 2 is 2.43 bits per heavy atom. The molecular formula is C15H15FN4O. The van der Waals surface area contributed by atoms with Crippen LogP contribution in [0.1, 0.15) is 18.4 Å². The van der Waals surface area contributed by atoms with Crippen LogP contribution in [0.3, 0.4) is 0 Å². The first-order valence-electron chi connectivity index (χ1n) is 6.86. The zero-order valence-electron chi connectivity index (χ0n) is 11.4. The van der Waals surface area contributed by atoms with E-state index in [2.05, 4.69) is 10.4 Å². The fourth-order valence-electron chi connectivity index (χ4n) is 2.42. The Morgan fingerprint density at radius 3 is 3.19 bits per heavy atom. The summed E-state index contributed by atoms with van der Waals surface area (Å²) in [6.07, 6.45) is 5.83. The predicted octanol–water partition coefficient (Wildman–Crippen LogP) is 2.82. The molecule has 1 N–H and O–H groups in total. The molecule has 0 aliphatic carbocycles. The van der Waals surface area contributed by atoms with Crippen molar-refractivity contribution >= 4 is 11.4 Å². The van der Waals surface area contributed by atoms with Gasteiger partial charge in [0.1, 0.15) is 17.4 Å². The molecule has 1 fully saturated rings. The quantitative estimate of drug-likeness (QED) is 0.938. The van der Waals surface area contributed by atoms with Crippen LogP contribution in [0.4, 0.5) is 15.8 Å². The van der Waals surface area contributed by atoms with Crippen molar-refractivity contribution in [2.24, 2.45) is 0 Å². The number of aromatic nitrogens is 2. The number of nitrogens with one attached hydrogen (secondary N) is 1. The fraction of sp³-hybridized carbons (Fsp3) is 0.333. The smallest absolute Gasteiger partial charge is 0.143 e. The number of hydrogen-bond donors (Lipinski definition) is 1. The number of nitriles is 1. The van der Waals surface area contributed by atoms with E-state index < -0.39 is 5.82 Å². The highest BCUT2D eigenvalue weighted by Crippen LogP contribution is 2.22. The highest BCUT2D eigenvalue weighted by atomic mass is 19.1. The standard InChI is InChI=1S/C15H15FN4O/c16-14-4-1-5-15(13(14)7-17)19-11-8-18-20(9-11)10-12-3-2-6-21-12/h1,4-5,8-9,12,19H,2-3,6,10H2/t12-/m1/s1. The first kappa shape index (κ1) is 13.6. The van der Waals surface area contributed by atoms with E-state index in [4.69, 9.17) is 10.00 Å². The highest BCUT2D eigenvalue weighted by molar-refractivity contribution is 5.65. The van der Waals surface area contributed by atoms with E-state index in [-0.39, 0.29) is 11.7 Å². The summed E-state index contributed by atoms with van der Waals surface area (Å²) in [5.74, 6) is -0.533.